The van der Waals surface area contributed by atoms with E-state index in [4.69, 9.17) is 9.47 Å². The monoisotopic (exact) mass is 468 g/mol. The van der Waals surface area contributed by atoms with Gasteiger partial charge in [-0.15, -0.1) is 0 Å². The number of carbonyl (C=O) groups is 1. The van der Waals surface area contributed by atoms with Gasteiger partial charge in [0.15, 0.2) is 0 Å². The maximum absolute atomic E-state index is 14.0. The Bertz CT molecular complexity index is 979. The van der Waals surface area contributed by atoms with E-state index in [0.717, 1.165) is 24.3 Å². The number of benzene rings is 2. The molecular weight excluding hydrogens is 442 g/mol. The highest BCUT2D eigenvalue weighted by atomic mass is 19.1. The van der Waals surface area contributed by atoms with Gasteiger partial charge in [0.05, 0.1) is 27.2 Å². The minimum Gasteiger partial charge on any atom is -0.459 e. The Balaban J connectivity index is 1.70. The summed E-state index contributed by atoms with van der Waals surface area (Å²) in [6.45, 7) is 0. The highest BCUT2D eigenvalue weighted by molar-refractivity contribution is 5.85. The first-order valence-corrected chi connectivity index (χ1v) is 10.7. The minimum absolute atomic E-state index is 0.0154. The van der Waals surface area contributed by atoms with Gasteiger partial charge in [-0.25, -0.2) is 22.4 Å². The van der Waals surface area contributed by atoms with Gasteiger partial charge in [0.2, 0.25) is 5.60 Å². The zero-order valence-corrected chi connectivity index (χ0v) is 18.5. The average Bonchev–Trinajstić information content (AvgIpc) is 3.46. The van der Waals surface area contributed by atoms with Crippen LogP contribution in [0, 0.1) is 23.3 Å². The number of quaternary nitrogens is 1. The molecule has 1 heterocycles. The molecule has 4 atom stereocenters. The molecule has 4 rings (SSSR count). The van der Waals surface area contributed by atoms with Crippen LogP contribution in [0.25, 0.3) is 0 Å². The van der Waals surface area contributed by atoms with Crippen molar-refractivity contribution in [2.24, 2.45) is 0 Å². The molecule has 1 saturated heterocycles. The molecule has 2 unspecified atom stereocenters. The molecule has 2 aromatic rings. The molecule has 2 aromatic carbocycles. The second-order valence-electron chi connectivity index (χ2n) is 9.69. The second-order valence-corrected chi connectivity index (χ2v) is 9.69. The van der Waals surface area contributed by atoms with E-state index < -0.39 is 52.1 Å². The molecule has 0 bridgehead atoms. The van der Waals surface area contributed by atoms with Crippen LogP contribution in [-0.2, 0) is 19.9 Å². The molecular formula is C24H26F4NO4+. The van der Waals surface area contributed by atoms with Crippen molar-refractivity contribution in [2.75, 3.05) is 21.1 Å². The fourth-order valence-corrected chi connectivity index (χ4v) is 4.63. The Labute approximate surface area is 189 Å². The summed E-state index contributed by atoms with van der Waals surface area (Å²) in [6, 6.07) is 4.07. The molecule has 178 valence electrons. The first-order valence-electron chi connectivity index (χ1n) is 10.7. The SMILES string of the molecule is C[N+](C)(C)C1C[C@H](OC(=O)C(O)(c2cc(F)cc(F)c2)c2cc(F)cc(F)c2)CC[C@H]2OC12. The number of aliphatic hydroxyl groups is 1. The Morgan fingerprint density at radius 1 is 0.939 bits per heavy atom. The van der Waals surface area contributed by atoms with Gasteiger partial charge in [0.1, 0.15) is 41.5 Å². The number of likely N-dealkylation sites (N-methyl/N-ethyl adjacent to an activating group) is 1. The third-order valence-electron chi connectivity index (χ3n) is 6.40. The first-order chi connectivity index (χ1) is 15.4. The van der Waals surface area contributed by atoms with E-state index in [-0.39, 0.29) is 18.2 Å². The minimum atomic E-state index is -2.83. The van der Waals surface area contributed by atoms with Crippen molar-refractivity contribution in [3.05, 3.63) is 70.8 Å². The Morgan fingerprint density at radius 2 is 1.42 bits per heavy atom. The molecule has 0 radical (unpaired) electrons. The number of hydrogen-bond acceptors (Lipinski definition) is 4. The smallest absolute Gasteiger partial charge is 0.347 e. The number of nitrogens with zero attached hydrogens (tertiary/aromatic N) is 1. The zero-order chi connectivity index (χ0) is 24.1. The van der Waals surface area contributed by atoms with Crippen LogP contribution in [0.5, 0.6) is 0 Å². The lowest BCUT2D eigenvalue weighted by atomic mass is 9.86. The number of esters is 1. The number of epoxide rings is 1. The van der Waals surface area contributed by atoms with Crippen LogP contribution in [-0.4, -0.2) is 61.1 Å². The molecule has 0 aromatic heterocycles. The molecule has 0 amide bonds. The number of ether oxygens (including phenoxy) is 2. The number of carbonyl (C=O) groups excluding carboxylic acids is 1. The Morgan fingerprint density at radius 3 is 1.88 bits per heavy atom. The van der Waals surface area contributed by atoms with Gasteiger partial charge in [0.25, 0.3) is 0 Å². The van der Waals surface area contributed by atoms with Crippen molar-refractivity contribution in [1.29, 1.82) is 0 Å². The lowest BCUT2D eigenvalue weighted by Crippen LogP contribution is -2.50. The highest BCUT2D eigenvalue weighted by Gasteiger charge is 2.54. The predicted octanol–water partition coefficient (Wildman–Crippen LogP) is 3.42. The quantitative estimate of drug-likeness (QED) is 0.316. The topological polar surface area (TPSA) is 59.1 Å². The number of fused-ring (bicyclic) bond motifs is 1. The van der Waals surface area contributed by atoms with Crippen LogP contribution in [0.2, 0.25) is 0 Å². The molecule has 9 heteroatoms. The molecule has 5 nitrogen and oxygen atoms in total. The summed E-state index contributed by atoms with van der Waals surface area (Å²) in [5, 5.41) is 11.4. The summed E-state index contributed by atoms with van der Waals surface area (Å²) >= 11 is 0. The van der Waals surface area contributed by atoms with Gasteiger partial charge in [0, 0.05) is 29.7 Å². The van der Waals surface area contributed by atoms with E-state index >= 15 is 0 Å². The summed E-state index contributed by atoms with van der Waals surface area (Å²) in [5.74, 6) is -5.52. The number of halogens is 4. The maximum Gasteiger partial charge on any atom is 0.347 e. The van der Waals surface area contributed by atoms with Crippen LogP contribution in [0.4, 0.5) is 17.6 Å². The molecule has 1 aliphatic carbocycles. The van der Waals surface area contributed by atoms with Crippen LogP contribution in [0.3, 0.4) is 0 Å². The van der Waals surface area contributed by atoms with Crippen LogP contribution in [0.15, 0.2) is 36.4 Å². The lowest BCUT2D eigenvalue weighted by Gasteiger charge is -2.35. The average molecular weight is 468 g/mol. The van der Waals surface area contributed by atoms with E-state index in [1.54, 1.807) is 0 Å². The van der Waals surface area contributed by atoms with Crippen molar-refractivity contribution < 1.29 is 41.4 Å². The van der Waals surface area contributed by atoms with E-state index in [1.807, 2.05) is 21.1 Å². The first kappa shape index (κ1) is 23.7. The molecule has 33 heavy (non-hydrogen) atoms. The summed E-state index contributed by atoms with van der Waals surface area (Å²) in [4.78, 5) is 13.3. The zero-order valence-electron chi connectivity index (χ0n) is 18.5. The van der Waals surface area contributed by atoms with Gasteiger partial charge in [-0.05, 0) is 37.1 Å². The normalized spacial score (nSPS) is 25.2. The van der Waals surface area contributed by atoms with Gasteiger partial charge in [-0.3, -0.25) is 0 Å². The fourth-order valence-electron chi connectivity index (χ4n) is 4.63. The van der Waals surface area contributed by atoms with Crippen molar-refractivity contribution >= 4 is 5.97 Å². The lowest BCUT2D eigenvalue weighted by molar-refractivity contribution is -0.897. The van der Waals surface area contributed by atoms with Crippen molar-refractivity contribution in [2.45, 2.75) is 49.2 Å². The highest BCUT2D eigenvalue weighted by Crippen LogP contribution is 2.41. The molecule has 2 fully saturated rings. The van der Waals surface area contributed by atoms with Crippen LogP contribution in [0.1, 0.15) is 30.4 Å². The number of hydrogen-bond donors (Lipinski definition) is 1. The summed E-state index contributed by atoms with van der Waals surface area (Å²) in [5.41, 5.74) is -3.89. The van der Waals surface area contributed by atoms with Crippen molar-refractivity contribution in [1.82, 2.24) is 0 Å². The van der Waals surface area contributed by atoms with Gasteiger partial charge in [-0.1, -0.05) is 0 Å². The third kappa shape index (κ3) is 4.76. The summed E-state index contributed by atoms with van der Waals surface area (Å²) < 4.78 is 67.8. The second kappa shape index (κ2) is 8.38. The molecule has 1 N–H and O–H groups in total. The van der Waals surface area contributed by atoms with Crippen molar-refractivity contribution in [3.8, 4) is 0 Å². The number of rotatable bonds is 5. The Hall–Kier alpha value is -2.49. The summed E-state index contributed by atoms with van der Waals surface area (Å²) in [7, 11) is 5.99. The molecule has 0 spiro atoms. The van der Waals surface area contributed by atoms with Gasteiger partial charge < -0.3 is 19.1 Å². The predicted molar refractivity (Wildman–Crippen MR) is 110 cm³/mol. The summed E-state index contributed by atoms with van der Waals surface area (Å²) in [6.07, 6.45) is 0.989. The van der Waals surface area contributed by atoms with E-state index in [2.05, 4.69) is 0 Å². The molecule has 2 aliphatic rings. The maximum atomic E-state index is 14.0. The van der Waals surface area contributed by atoms with E-state index in [9.17, 15) is 27.5 Å². The third-order valence-corrected chi connectivity index (χ3v) is 6.40. The van der Waals surface area contributed by atoms with Gasteiger partial charge in [-0.2, -0.15) is 0 Å². The van der Waals surface area contributed by atoms with E-state index in [0.29, 0.717) is 35.9 Å². The van der Waals surface area contributed by atoms with Crippen LogP contribution >= 0.6 is 0 Å². The standard InChI is InChI=1S/C24H26F4NO4/c1-29(2,3)20-12-19(4-5-21-22(20)33-21)32-23(30)24(31,13-6-15(25)10-16(26)7-13)14-8-17(27)11-18(28)9-14/h6-11,19-22,31H,4-5,12H2,1-3H3/q+1/t19-,20?,21-,22?/m1/s1. The van der Waals surface area contributed by atoms with Crippen LogP contribution < -0.4 is 0 Å². The Kier molecular flexibility index (Phi) is 6.01. The van der Waals surface area contributed by atoms with Gasteiger partial charge >= 0.3 is 5.97 Å². The fraction of sp³-hybridized carbons (Fsp3) is 0.458. The van der Waals surface area contributed by atoms with E-state index in [1.165, 1.54) is 0 Å². The van der Waals surface area contributed by atoms with Crippen molar-refractivity contribution in [3.63, 3.8) is 0 Å². The largest absolute Gasteiger partial charge is 0.459 e. The molecule has 1 aliphatic heterocycles. The molecule has 1 saturated carbocycles.